The fourth-order valence-electron chi connectivity index (χ4n) is 3.96. The van der Waals surface area contributed by atoms with Crippen LogP contribution in [0.2, 0.25) is 5.02 Å². The molecule has 2 aromatic heterocycles. The van der Waals surface area contributed by atoms with Crippen molar-refractivity contribution >= 4 is 45.6 Å². The normalized spacial score (nSPS) is 15.4. The van der Waals surface area contributed by atoms with E-state index in [0.29, 0.717) is 5.02 Å². The number of rotatable bonds is 2. The molecule has 3 heterocycles. The van der Waals surface area contributed by atoms with Crippen LogP contribution in [0.5, 0.6) is 0 Å². The quantitative estimate of drug-likeness (QED) is 0.257. The molecule has 0 radical (unpaired) electrons. The van der Waals surface area contributed by atoms with Gasteiger partial charge in [0.15, 0.2) is 5.82 Å². The number of hydrogen-bond donors (Lipinski definition) is 0. The molecule has 0 N–H and O–H groups in total. The zero-order valence-corrected chi connectivity index (χ0v) is 19.9. The summed E-state index contributed by atoms with van der Waals surface area (Å²) in [6.07, 6.45) is 1.87. The molecule has 5 rings (SSSR count). The second kappa shape index (κ2) is 7.80. The lowest BCUT2D eigenvalue weighted by Crippen LogP contribution is -2.21. The molecule has 0 bridgehead atoms. The van der Waals surface area contributed by atoms with E-state index < -0.39 is 0 Å². The lowest BCUT2D eigenvalue weighted by molar-refractivity contribution is 0.842. The van der Waals surface area contributed by atoms with Crippen molar-refractivity contribution in [2.45, 2.75) is 10.8 Å². The van der Waals surface area contributed by atoms with E-state index in [0.717, 1.165) is 46.4 Å². The van der Waals surface area contributed by atoms with Crippen LogP contribution in [0.15, 0.2) is 65.6 Å². The van der Waals surface area contributed by atoms with Crippen LogP contribution in [0.1, 0.15) is 15.6 Å². The van der Waals surface area contributed by atoms with E-state index in [2.05, 4.69) is 60.5 Å². The van der Waals surface area contributed by atoms with E-state index >= 15 is 0 Å². The average molecular weight is 544 g/mol. The smallest absolute Gasteiger partial charge is 0.250 e. The van der Waals surface area contributed by atoms with Gasteiger partial charge in [-0.25, -0.2) is 0 Å². The SMILES string of the molecule is Cc1nnc2n1-c1ccc(-c3ccc(=O)n(C)c3)cc1N(c1ccc(Cl)cc1)C[C@H]2I. The summed E-state index contributed by atoms with van der Waals surface area (Å²) in [5, 5.41) is 9.50. The lowest BCUT2D eigenvalue weighted by Gasteiger charge is -2.27. The molecule has 0 saturated heterocycles. The van der Waals surface area contributed by atoms with Gasteiger partial charge in [-0.05, 0) is 60.5 Å². The molecule has 0 fully saturated rings. The molecule has 0 amide bonds. The minimum absolute atomic E-state index is 0.0289. The monoisotopic (exact) mass is 543 g/mol. The fraction of sp³-hybridized carbons (Fsp3) is 0.174. The first-order valence-electron chi connectivity index (χ1n) is 9.83. The Bertz CT molecular complexity index is 1350. The molecule has 6 nitrogen and oxygen atoms in total. The Hall–Kier alpha value is -2.65. The van der Waals surface area contributed by atoms with Crippen molar-refractivity contribution in [3.63, 3.8) is 0 Å². The van der Waals surface area contributed by atoms with Crippen LogP contribution in [0, 0.1) is 6.92 Å². The summed E-state index contributed by atoms with van der Waals surface area (Å²) in [5.74, 6) is 1.79. The van der Waals surface area contributed by atoms with Crippen LogP contribution < -0.4 is 10.5 Å². The van der Waals surface area contributed by atoms with Gasteiger partial charge in [0.2, 0.25) is 5.56 Å². The maximum Gasteiger partial charge on any atom is 0.250 e. The fourth-order valence-corrected chi connectivity index (χ4v) is 4.88. The number of nitrogens with zero attached hydrogens (tertiary/aromatic N) is 5. The number of fused-ring (bicyclic) bond motifs is 3. The van der Waals surface area contributed by atoms with E-state index in [1.54, 1.807) is 17.7 Å². The van der Waals surface area contributed by atoms with Crippen LogP contribution in [-0.4, -0.2) is 25.9 Å². The number of halogens is 2. The van der Waals surface area contributed by atoms with Crippen LogP contribution in [0.25, 0.3) is 16.8 Å². The molecule has 4 aromatic rings. The molecule has 31 heavy (non-hydrogen) atoms. The highest BCUT2D eigenvalue weighted by Crippen LogP contribution is 2.42. The van der Waals surface area contributed by atoms with Gasteiger partial charge in [0.25, 0.3) is 0 Å². The number of pyridine rings is 1. The average Bonchev–Trinajstić information content (AvgIpc) is 3.10. The third-order valence-electron chi connectivity index (χ3n) is 5.54. The molecule has 0 spiro atoms. The maximum absolute atomic E-state index is 11.9. The minimum atomic E-state index is -0.0289. The molecule has 1 atom stereocenters. The molecule has 0 unspecified atom stereocenters. The zero-order valence-electron chi connectivity index (χ0n) is 17.0. The summed E-state index contributed by atoms with van der Waals surface area (Å²) in [6.45, 7) is 2.71. The zero-order chi connectivity index (χ0) is 21.7. The first-order valence-corrected chi connectivity index (χ1v) is 11.5. The van der Waals surface area contributed by atoms with Gasteiger partial charge in [-0.1, -0.05) is 40.3 Å². The molecular weight excluding hydrogens is 525 g/mol. The highest BCUT2D eigenvalue weighted by Gasteiger charge is 2.29. The van der Waals surface area contributed by atoms with Crippen LogP contribution in [0.4, 0.5) is 11.4 Å². The summed E-state index contributed by atoms with van der Waals surface area (Å²) in [4.78, 5) is 14.1. The van der Waals surface area contributed by atoms with Gasteiger partial charge in [0, 0.05) is 36.6 Å². The van der Waals surface area contributed by atoms with Crippen molar-refractivity contribution in [1.29, 1.82) is 0 Å². The third kappa shape index (κ3) is 3.55. The Morgan fingerprint density at radius 2 is 1.74 bits per heavy atom. The first-order chi connectivity index (χ1) is 14.9. The molecule has 1 aliphatic heterocycles. The van der Waals surface area contributed by atoms with Crippen molar-refractivity contribution in [3.8, 4) is 16.8 Å². The van der Waals surface area contributed by atoms with Gasteiger partial charge >= 0.3 is 0 Å². The standard InChI is InChI=1S/C23H19ClIN5O/c1-14-26-27-23-19(25)13-29(18-7-5-17(24)6-8-18)21-11-15(3-9-20(21)30(14)23)16-4-10-22(31)28(2)12-16/h3-12,19H,13H2,1-2H3/t19-/m1/s1. The highest BCUT2D eigenvalue weighted by atomic mass is 127. The number of aromatic nitrogens is 4. The lowest BCUT2D eigenvalue weighted by atomic mass is 10.0. The number of aryl methyl sites for hydroxylation is 2. The molecular formula is C23H19ClIN5O. The van der Waals surface area contributed by atoms with Crippen molar-refractivity contribution in [3.05, 3.63) is 87.8 Å². The van der Waals surface area contributed by atoms with Crippen molar-refractivity contribution < 1.29 is 0 Å². The van der Waals surface area contributed by atoms with E-state index in [1.165, 1.54) is 0 Å². The van der Waals surface area contributed by atoms with E-state index in [4.69, 9.17) is 11.6 Å². The Morgan fingerprint density at radius 1 is 1.00 bits per heavy atom. The van der Waals surface area contributed by atoms with Crippen molar-refractivity contribution in [1.82, 2.24) is 19.3 Å². The predicted molar refractivity (Wildman–Crippen MR) is 132 cm³/mol. The third-order valence-corrected chi connectivity index (χ3v) is 6.74. The first kappa shape index (κ1) is 20.3. The van der Waals surface area contributed by atoms with Gasteiger partial charge in [0.05, 0.1) is 15.3 Å². The number of anilines is 2. The van der Waals surface area contributed by atoms with Gasteiger partial charge in [0.1, 0.15) is 5.82 Å². The Labute approximate surface area is 198 Å². The van der Waals surface area contributed by atoms with Crippen molar-refractivity contribution in [2.75, 3.05) is 11.4 Å². The maximum atomic E-state index is 11.9. The van der Waals surface area contributed by atoms with Crippen LogP contribution >= 0.6 is 34.2 Å². The second-order valence-electron chi connectivity index (χ2n) is 7.57. The predicted octanol–water partition coefficient (Wildman–Crippen LogP) is 5.22. The number of alkyl halides is 1. The van der Waals surface area contributed by atoms with Crippen LogP contribution in [0.3, 0.4) is 0 Å². The molecule has 2 aromatic carbocycles. The van der Waals surface area contributed by atoms with Gasteiger partial charge < -0.3 is 9.47 Å². The summed E-state index contributed by atoms with van der Waals surface area (Å²) < 4.78 is 3.87. The minimum Gasteiger partial charge on any atom is -0.338 e. The summed E-state index contributed by atoms with van der Waals surface area (Å²) in [6, 6.07) is 17.7. The van der Waals surface area contributed by atoms with Gasteiger partial charge in [-0.15, -0.1) is 10.2 Å². The Kier molecular flexibility index (Phi) is 5.10. The Balaban J connectivity index is 1.74. The largest absolute Gasteiger partial charge is 0.338 e. The van der Waals surface area contributed by atoms with E-state index in [-0.39, 0.29) is 9.48 Å². The van der Waals surface area contributed by atoms with Gasteiger partial charge in [-0.3, -0.25) is 9.36 Å². The number of benzene rings is 2. The summed E-state index contributed by atoms with van der Waals surface area (Å²) in [5.41, 5.74) is 5.13. The Morgan fingerprint density at radius 3 is 2.48 bits per heavy atom. The summed E-state index contributed by atoms with van der Waals surface area (Å²) in [7, 11) is 1.77. The molecule has 0 saturated carbocycles. The molecule has 1 aliphatic rings. The molecule has 156 valence electrons. The summed E-state index contributed by atoms with van der Waals surface area (Å²) >= 11 is 8.58. The van der Waals surface area contributed by atoms with E-state index in [9.17, 15) is 4.79 Å². The van der Waals surface area contributed by atoms with Gasteiger partial charge in [-0.2, -0.15) is 0 Å². The number of hydrogen-bond acceptors (Lipinski definition) is 4. The molecule has 8 heteroatoms. The van der Waals surface area contributed by atoms with E-state index in [1.807, 2.05) is 43.5 Å². The van der Waals surface area contributed by atoms with Crippen LogP contribution in [-0.2, 0) is 7.05 Å². The highest BCUT2D eigenvalue weighted by molar-refractivity contribution is 14.1. The molecule has 0 aliphatic carbocycles. The topological polar surface area (TPSA) is 56.0 Å². The second-order valence-corrected chi connectivity index (χ2v) is 9.51. The van der Waals surface area contributed by atoms with Crippen molar-refractivity contribution in [2.24, 2.45) is 7.05 Å².